The Morgan fingerprint density at radius 1 is 1.08 bits per heavy atom. The van der Waals surface area contributed by atoms with E-state index in [9.17, 15) is 9.59 Å². The first-order valence-electron chi connectivity index (χ1n) is 8.19. The van der Waals surface area contributed by atoms with Crippen molar-refractivity contribution in [3.63, 3.8) is 0 Å². The summed E-state index contributed by atoms with van der Waals surface area (Å²) in [7, 11) is 0. The fourth-order valence-electron chi connectivity index (χ4n) is 2.73. The summed E-state index contributed by atoms with van der Waals surface area (Å²) in [5.41, 5.74) is 2.34. The van der Waals surface area contributed by atoms with E-state index in [4.69, 9.17) is 4.74 Å². The van der Waals surface area contributed by atoms with Crippen molar-refractivity contribution in [1.82, 2.24) is 0 Å². The van der Waals surface area contributed by atoms with Crippen LogP contribution in [0, 0.1) is 0 Å². The van der Waals surface area contributed by atoms with E-state index < -0.39 is 0 Å². The van der Waals surface area contributed by atoms with Crippen LogP contribution in [0.4, 0.5) is 5.69 Å². The Bertz CT molecular complexity index is 918. The van der Waals surface area contributed by atoms with Gasteiger partial charge in [-0.05, 0) is 41.0 Å². The molecule has 0 bridgehead atoms. The first kappa shape index (κ1) is 16.7. The molecule has 0 aliphatic rings. The number of anilines is 1. The highest BCUT2D eigenvalue weighted by Crippen LogP contribution is 2.26. The molecule has 0 aromatic heterocycles. The molecule has 0 aliphatic heterocycles. The van der Waals surface area contributed by atoms with E-state index in [2.05, 4.69) is 12.2 Å². The summed E-state index contributed by atoms with van der Waals surface area (Å²) in [6.45, 7) is 1.90. The van der Waals surface area contributed by atoms with Gasteiger partial charge in [-0.2, -0.15) is 0 Å². The highest BCUT2D eigenvalue weighted by Gasteiger charge is 2.10. The molecule has 25 heavy (non-hydrogen) atoms. The number of amides is 1. The van der Waals surface area contributed by atoms with Crippen molar-refractivity contribution < 1.29 is 14.3 Å². The normalized spacial score (nSPS) is 10.4. The monoisotopic (exact) mass is 333 g/mol. The Morgan fingerprint density at radius 3 is 2.72 bits per heavy atom. The van der Waals surface area contributed by atoms with E-state index in [-0.39, 0.29) is 12.5 Å². The summed E-state index contributed by atoms with van der Waals surface area (Å²) in [6.07, 6.45) is 1.67. The predicted octanol–water partition coefficient (Wildman–Crippen LogP) is 4.23. The second-order valence-electron chi connectivity index (χ2n) is 5.71. The third-order valence-corrected chi connectivity index (χ3v) is 4.03. The van der Waals surface area contributed by atoms with Gasteiger partial charge in [-0.25, -0.2) is 0 Å². The molecule has 3 aromatic rings. The maximum atomic E-state index is 12.1. The molecule has 0 unspecified atom stereocenters. The van der Waals surface area contributed by atoms with E-state index in [1.54, 1.807) is 6.07 Å². The van der Waals surface area contributed by atoms with Gasteiger partial charge in [-0.1, -0.05) is 49.4 Å². The number of aldehydes is 1. The van der Waals surface area contributed by atoms with Gasteiger partial charge >= 0.3 is 0 Å². The largest absolute Gasteiger partial charge is 0.483 e. The standard InChI is InChI=1S/C21H19NO3/c1-2-15-6-5-8-17(12-15)22-21(24)14-25-20-11-10-16-7-3-4-9-18(16)19(20)13-23/h3-13H,2,14H2,1H3,(H,22,24). The van der Waals surface area contributed by atoms with Crippen molar-refractivity contribution in [2.45, 2.75) is 13.3 Å². The van der Waals surface area contributed by atoms with E-state index in [1.807, 2.05) is 54.6 Å². The summed E-state index contributed by atoms with van der Waals surface area (Å²) in [6, 6.07) is 18.9. The van der Waals surface area contributed by atoms with Crippen molar-refractivity contribution in [1.29, 1.82) is 0 Å². The Balaban J connectivity index is 1.71. The zero-order valence-electron chi connectivity index (χ0n) is 14.0. The van der Waals surface area contributed by atoms with Gasteiger partial charge in [0.2, 0.25) is 0 Å². The molecule has 0 aliphatic carbocycles. The molecule has 0 fully saturated rings. The van der Waals surface area contributed by atoms with Gasteiger partial charge in [-0.3, -0.25) is 9.59 Å². The minimum atomic E-state index is -0.265. The minimum absolute atomic E-state index is 0.157. The summed E-state index contributed by atoms with van der Waals surface area (Å²) in [4.78, 5) is 23.6. The number of benzene rings is 3. The molecule has 0 spiro atoms. The van der Waals surface area contributed by atoms with Crippen molar-refractivity contribution in [2.24, 2.45) is 0 Å². The van der Waals surface area contributed by atoms with Crippen LogP contribution >= 0.6 is 0 Å². The van der Waals surface area contributed by atoms with Crippen LogP contribution in [0.1, 0.15) is 22.8 Å². The molecule has 126 valence electrons. The fourth-order valence-corrected chi connectivity index (χ4v) is 2.73. The van der Waals surface area contributed by atoms with Gasteiger partial charge in [0.05, 0.1) is 5.56 Å². The smallest absolute Gasteiger partial charge is 0.262 e. The van der Waals surface area contributed by atoms with E-state index in [0.29, 0.717) is 11.3 Å². The Hall–Kier alpha value is -3.14. The van der Waals surface area contributed by atoms with Crippen LogP contribution < -0.4 is 10.1 Å². The summed E-state index contributed by atoms with van der Waals surface area (Å²) in [5.74, 6) is 0.143. The quantitative estimate of drug-likeness (QED) is 0.687. The maximum Gasteiger partial charge on any atom is 0.262 e. The van der Waals surface area contributed by atoms with Crippen LogP contribution in [-0.4, -0.2) is 18.8 Å². The number of hydrogen-bond donors (Lipinski definition) is 1. The van der Waals surface area contributed by atoms with E-state index in [1.165, 1.54) is 0 Å². The number of carbonyl (C=O) groups is 2. The average molecular weight is 333 g/mol. The van der Waals surface area contributed by atoms with Crippen LogP contribution in [-0.2, 0) is 11.2 Å². The lowest BCUT2D eigenvalue weighted by molar-refractivity contribution is -0.118. The van der Waals surface area contributed by atoms with Crippen LogP contribution in [0.5, 0.6) is 5.75 Å². The van der Waals surface area contributed by atoms with Crippen molar-refractivity contribution in [3.05, 3.63) is 71.8 Å². The van der Waals surface area contributed by atoms with E-state index in [0.717, 1.165) is 34.7 Å². The topological polar surface area (TPSA) is 55.4 Å². The number of hydrogen-bond acceptors (Lipinski definition) is 3. The average Bonchev–Trinajstić information content (AvgIpc) is 2.66. The van der Waals surface area contributed by atoms with Crippen molar-refractivity contribution >= 4 is 28.7 Å². The Labute approximate surface area is 146 Å². The van der Waals surface area contributed by atoms with Crippen LogP contribution in [0.3, 0.4) is 0 Å². The molecule has 4 heteroatoms. The minimum Gasteiger partial charge on any atom is -0.483 e. The molecule has 3 aromatic carbocycles. The lowest BCUT2D eigenvalue weighted by Crippen LogP contribution is -2.20. The number of ether oxygens (including phenoxy) is 1. The number of aryl methyl sites for hydroxylation is 1. The van der Waals surface area contributed by atoms with Crippen LogP contribution in [0.25, 0.3) is 10.8 Å². The second kappa shape index (κ2) is 7.62. The molecule has 0 radical (unpaired) electrons. The molecule has 1 amide bonds. The van der Waals surface area contributed by atoms with Gasteiger partial charge < -0.3 is 10.1 Å². The lowest BCUT2D eigenvalue weighted by atomic mass is 10.0. The van der Waals surface area contributed by atoms with E-state index >= 15 is 0 Å². The molecule has 0 saturated carbocycles. The third-order valence-electron chi connectivity index (χ3n) is 4.03. The predicted molar refractivity (Wildman–Crippen MR) is 99.3 cm³/mol. The molecule has 0 heterocycles. The van der Waals surface area contributed by atoms with Gasteiger partial charge in [0.25, 0.3) is 5.91 Å². The fraction of sp³-hybridized carbons (Fsp3) is 0.143. The number of fused-ring (bicyclic) bond motifs is 1. The maximum absolute atomic E-state index is 12.1. The summed E-state index contributed by atoms with van der Waals surface area (Å²) < 4.78 is 5.58. The highest BCUT2D eigenvalue weighted by molar-refractivity contribution is 6.01. The third kappa shape index (κ3) is 3.86. The first-order valence-corrected chi connectivity index (χ1v) is 8.19. The number of carbonyl (C=O) groups excluding carboxylic acids is 2. The molecule has 0 atom stereocenters. The van der Waals surface area contributed by atoms with Crippen LogP contribution in [0.15, 0.2) is 60.7 Å². The Morgan fingerprint density at radius 2 is 1.92 bits per heavy atom. The SMILES string of the molecule is CCc1cccc(NC(=O)COc2ccc3ccccc3c2C=O)c1. The van der Waals surface area contributed by atoms with Gasteiger partial charge in [-0.15, -0.1) is 0 Å². The van der Waals surface area contributed by atoms with Crippen LogP contribution in [0.2, 0.25) is 0 Å². The molecular formula is C21H19NO3. The van der Waals surface area contributed by atoms with Gasteiger partial charge in [0, 0.05) is 5.69 Å². The lowest BCUT2D eigenvalue weighted by Gasteiger charge is -2.11. The second-order valence-corrected chi connectivity index (χ2v) is 5.71. The van der Waals surface area contributed by atoms with Gasteiger partial charge in [0.1, 0.15) is 5.75 Å². The molecule has 4 nitrogen and oxygen atoms in total. The first-order chi connectivity index (χ1) is 12.2. The van der Waals surface area contributed by atoms with Crippen molar-refractivity contribution in [3.8, 4) is 5.75 Å². The molecule has 1 N–H and O–H groups in total. The zero-order chi connectivity index (χ0) is 17.6. The zero-order valence-corrected chi connectivity index (χ0v) is 14.0. The Kier molecular flexibility index (Phi) is 5.09. The summed E-state index contributed by atoms with van der Waals surface area (Å²) >= 11 is 0. The number of nitrogens with one attached hydrogen (secondary N) is 1. The van der Waals surface area contributed by atoms with Gasteiger partial charge in [0.15, 0.2) is 12.9 Å². The molecular weight excluding hydrogens is 314 g/mol. The van der Waals surface area contributed by atoms with Crippen molar-refractivity contribution in [2.75, 3.05) is 11.9 Å². The molecule has 0 saturated heterocycles. The highest BCUT2D eigenvalue weighted by atomic mass is 16.5. The molecule has 3 rings (SSSR count). The summed E-state index contributed by atoms with van der Waals surface area (Å²) in [5, 5.41) is 4.58. The number of rotatable bonds is 6.